The molecule has 1 aliphatic carbocycles. The molecule has 112 valence electrons. The third-order valence-corrected chi connectivity index (χ3v) is 4.11. The molecule has 2 nitrogen and oxygen atoms in total. The van der Waals surface area contributed by atoms with Crippen molar-refractivity contribution in [3.05, 3.63) is 35.1 Å². The second-order valence-electron chi connectivity index (χ2n) is 5.52. The summed E-state index contributed by atoms with van der Waals surface area (Å²) in [6.45, 7) is 1.89. The van der Waals surface area contributed by atoms with E-state index in [4.69, 9.17) is 0 Å². The largest absolute Gasteiger partial charge is 0.396 e. The van der Waals surface area contributed by atoms with Gasteiger partial charge in [0.25, 0.3) is 0 Å². The number of nitrogens with one attached hydrogen (secondary N) is 1. The highest BCUT2D eigenvalue weighted by molar-refractivity contribution is 5.22. The average molecular weight is 287 g/mol. The van der Waals surface area contributed by atoms with Crippen molar-refractivity contribution < 1.29 is 18.3 Å². The maximum absolute atomic E-state index is 13.2. The minimum absolute atomic E-state index is 0.108. The molecule has 0 heterocycles. The van der Waals surface area contributed by atoms with Gasteiger partial charge in [-0.25, -0.2) is 13.2 Å². The van der Waals surface area contributed by atoms with E-state index in [2.05, 4.69) is 5.32 Å². The zero-order valence-corrected chi connectivity index (χ0v) is 11.5. The van der Waals surface area contributed by atoms with Gasteiger partial charge in [-0.05, 0) is 43.4 Å². The van der Waals surface area contributed by atoms with Crippen LogP contribution in [0, 0.1) is 23.4 Å². The molecule has 3 atom stereocenters. The Kier molecular flexibility index (Phi) is 5.05. The molecular weight excluding hydrogens is 267 g/mol. The molecule has 1 fully saturated rings. The van der Waals surface area contributed by atoms with Crippen molar-refractivity contribution in [3.63, 3.8) is 0 Å². The van der Waals surface area contributed by atoms with Crippen LogP contribution in [0.2, 0.25) is 0 Å². The SMILES string of the molecule is CC(NC1CCCCC1CO)c1cc(F)c(F)c(F)c1. The lowest BCUT2D eigenvalue weighted by molar-refractivity contribution is 0.147. The Morgan fingerprint density at radius 3 is 2.40 bits per heavy atom. The zero-order valence-electron chi connectivity index (χ0n) is 11.5. The summed E-state index contributed by atoms with van der Waals surface area (Å²) in [6, 6.07) is 1.87. The highest BCUT2D eigenvalue weighted by atomic mass is 19.2. The van der Waals surface area contributed by atoms with E-state index in [1.54, 1.807) is 6.92 Å². The second-order valence-corrected chi connectivity index (χ2v) is 5.52. The van der Waals surface area contributed by atoms with E-state index in [1.807, 2.05) is 0 Å². The molecule has 1 aliphatic rings. The number of aliphatic hydroxyl groups excluding tert-OH is 1. The van der Waals surface area contributed by atoms with E-state index < -0.39 is 17.5 Å². The van der Waals surface area contributed by atoms with Crippen LogP contribution >= 0.6 is 0 Å². The summed E-state index contributed by atoms with van der Waals surface area (Å²) in [6.07, 6.45) is 4.05. The van der Waals surface area contributed by atoms with Crippen molar-refractivity contribution in [1.82, 2.24) is 5.32 Å². The molecule has 2 N–H and O–H groups in total. The molecule has 0 amide bonds. The second kappa shape index (κ2) is 6.59. The zero-order chi connectivity index (χ0) is 14.7. The predicted molar refractivity (Wildman–Crippen MR) is 70.7 cm³/mol. The summed E-state index contributed by atoms with van der Waals surface area (Å²) < 4.78 is 39.4. The van der Waals surface area contributed by atoms with Crippen LogP contribution in [0.3, 0.4) is 0 Å². The van der Waals surface area contributed by atoms with Crippen molar-refractivity contribution >= 4 is 0 Å². The average Bonchev–Trinajstić information content (AvgIpc) is 2.44. The Morgan fingerprint density at radius 1 is 1.20 bits per heavy atom. The van der Waals surface area contributed by atoms with Gasteiger partial charge in [0.15, 0.2) is 17.5 Å². The van der Waals surface area contributed by atoms with Crippen molar-refractivity contribution in [2.45, 2.75) is 44.7 Å². The van der Waals surface area contributed by atoms with Crippen LogP contribution in [0.1, 0.15) is 44.2 Å². The van der Waals surface area contributed by atoms with E-state index in [0.29, 0.717) is 5.56 Å². The Morgan fingerprint density at radius 2 is 1.80 bits per heavy atom. The summed E-state index contributed by atoms with van der Waals surface area (Å²) in [5.74, 6) is -3.61. The number of aliphatic hydroxyl groups is 1. The minimum Gasteiger partial charge on any atom is -0.396 e. The third-order valence-electron chi connectivity index (χ3n) is 4.11. The van der Waals surface area contributed by atoms with Crippen LogP contribution < -0.4 is 5.32 Å². The van der Waals surface area contributed by atoms with E-state index in [1.165, 1.54) is 0 Å². The number of halogens is 3. The summed E-state index contributed by atoms with van der Waals surface area (Å²) >= 11 is 0. The molecule has 3 unspecified atom stereocenters. The molecule has 5 heteroatoms. The predicted octanol–water partition coefficient (Wildman–Crippen LogP) is 3.31. The Balaban J connectivity index is 2.09. The van der Waals surface area contributed by atoms with Gasteiger partial charge in [0.05, 0.1) is 0 Å². The van der Waals surface area contributed by atoms with Gasteiger partial charge < -0.3 is 10.4 Å². The number of hydrogen-bond donors (Lipinski definition) is 2. The highest BCUT2D eigenvalue weighted by Crippen LogP contribution is 2.27. The first-order valence-corrected chi connectivity index (χ1v) is 7.04. The molecular formula is C15H20F3NO. The van der Waals surface area contributed by atoms with Gasteiger partial charge in [0, 0.05) is 18.7 Å². The topological polar surface area (TPSA) is 32.3 Å². The lowest BCUT2D eigenvalue weighted by atomic mass is 9.84. The molecule has 1 saturated carbocycles. The van der Waals surface area contributed by atoms with Crippen LogP contribution in [-0.4, -0.2) is 17.8 Å². The smallest absolute Gasteiger partial charge is 0.194 e. The maximum atomic E-state index is 13.2. The van der Waals surface area contributed by atoms with Gasteiger partial charge in [0.2, 0.25) is 0 Å². The monoisotopic (exact) mass is 287 g/mol. The summed E-state index contributed by atoms with van der Waals surface area (Å²) in [7, 11) is 0. The molecule has 1 aromatic carbocycles. The van der Waals surface area contributed by atoms with Crippen LogP contribution in [0.25, 0.3) is 0 Å². The summed E-state index contributed by atoms with van der Waals surface area (Å²) in [4.78, 5) is 0. The lowest BCUT2D eigenvalue weighted by Crippen LogP contribution is -2.41. The number of benzene rings is 1. The quantitative estimate of drug-likeness (QED) is 0.833. The molecule has 0 saturated heterocycles. The lowest BCUT2D eigenvalue weighted by Gasteiger charge is -2.33. The van der Waals surface area contributed by atoms with Gasteiger partial charge >= 0.3 is 0 Å². The van der Waals surface area contributed by atoms with Crippen molar-refractivity contribution in [2.24, 2.45) is 5.92 Å². The van der Waals surface area contributed by atoms with E-state index in [-0.39, 0.29) is 24.6 Å². The van der Waals surface area contributed by atoms with E-state index >= 15 is 0 Å². The summed E-state index contributed by atoms with van der Waals surface area (Å²) in [5, 5.41) is 12.7. The minimum atomic E-state index is -1.44. The molecule has 0 spiro atoms. The fourth-order valence-electron chi connectivity index (χ4n) is 2.89. The normalized spacial score (nSPS) is 24.6. The Bertz CT molecular complexity index is 443. The van der Waals surface area contributed by atoms with Crippen molar-refractivity contribution in [1.29, 1.82) is 0 Å². The maximum Gasteiger partial charge on any atom is 0.194 e. The molecule has 0 radical (unpaired) electrons. The molecule has 0 aromatic heterocycles. The molecule has 1 aromatic rings. The van der Waals surface area contributed by atoms with Crippen molar-refractivity contribution in [2.75, 3.05) is 6.61 Å². The van der Waals surface area contributed by atoms with E-state index in [0.717, 1.165) is 37.8 Å². The van der Waals surface area contributed by atoms with Crippen LogP contribution in [0.15, 0.2) is 12.1 Å². The number of rotatable bonds is 4. The molecule has 0 bridgehead atoms. The van der Waals surface area contributed by atoms with Gasteiger partial charge in [-0.3, -0.25) is 0 Å². The highest BCUT2D eigenvalue weighted by Gasteiger charge is 2.26. The molecule has 20 heavy (non-hydrogen) atoms. The molecule has 0 aliphatic heterocycles. The Labute approximate surface area is 117 Å². The first-order chi connectivity index (χ1) is 9.52. The van der Waals surface area contributed by atoms with Gasteiger partial charge in [-0.15, -0.1) is 0 Å². The van der Waals surface area contributed by atoms with E-state index in [9.17, 15) is 18.3 Å². The molecule has 2 rings (SSSR count). The first-order valence-electron chi connectivity index (χ1n) is 7.04. The Hall–Kier alpha value is -1.07. The third kappa shape index (κ3) is 3.33. The van der Waals surface area contributed by atoms with Gasteiger partial charge in [-0.2, -0.15) is 0 Å². The van der Waals surface area contributed by atoms with Crippen LogP contribution in [0.5, 0.6) is 0 Å². The summed E-state index contributed by atoms with van der Waals surface area (Å²) in [5.41, 5.74) is 0.378. The van der Waals surface area contributed by atoms with Crippen LogP contribution in [-0.2, 0) is 0 Å². The fraction of sp³-hybridized carbons (Fsp3) is 0.600. The van der Waals surface area contributed by atoms with Crippen molar-refractivity contribution in [3.8, 4) is 0 Å². The van der Waals surface area contributed by atoms with Gasteiger partial charge in [-0.1, -0.05) is 12.8 Å². The van der Waals surface area contributed by atoms with Crippen LogP contribution in [0.4, 0.5) is 13.2 Å². The standard InChI is InChI=1S/C15H20F3NO/c1-9(11-6-12(16)15(18)13(17)7-11)19-14-5-3-2-4-10(14)8-20/h6-7,9-10,14,19-20H,2-5,8H2,1H3. The van der Waals surface area contributed by atoms with Gasteiger partial charge in [0.1, 0.15) is 0 Å². The first kappa shape index (κ1) is 15.3. The number of hydrogen-bond acceptors (Lipinski definition) is 2. The fourth-order valence-corrected chi connectivity index (χ4v) is 2.89.